The second-order valence-corrected chi connectivity index (χ2v) is 7.11. The van der Waals surface area contributed by atoms with Crippen LogP contribution in [0.4, 0.5) is 4.79 Å². The molecule has 5 nitrogen and oxygen atoms in total. The van der Waals surface area contributed by atoms with Gasteiger partial charge in [0.15, 0.2) is 0 Å². The molecule has 0 heterocycles. The predicted molar refractivity (Wildman–Crippen MR) is 73.5 cm³/mol. The largest absolute Gasteiger partial charge is 0.445 e. The van der Waals surface area contributed by atoms with E-state index in [1.807, 2.05) is 30.3 Å². The first kappa shape index (κ1) is 15.8. The lowest BCUT2D eigenvalue weighted by atomic mass is 10.2. The summed E-state index contributed by atoms with van der Waals surface area (Å²) in [4.78, 5) is 11.3. The third-order valence-electron chi connectivity index (χ3n) is 2.51. The van der Waals surface area contributed by atoms with E-state index in [1.54, 1.807) is 0 Å². The average molecular weight is 306 g/mol. The maximum absolute atomic E-state index is 11.3. The molecular weight excluding hydrogens is 290 g/mol. The molecule has 1 aromatic rings. The zero-order valence-corrected chi connectivity index (χ0v) is 12.1. The highest BCUT2D eigenvalue weighted by atomic mass is 35.7. The summed E-state index contributed by atoms with van der Waals surface area (Å²) in [6.45, 7) is 1.86. The molecule has 1 N–H and O–H groups in total. The molecule has 0 bridgehead atoms. The van der Waals surface area contributed by atoms with Gasteiger partial charge in [0.05, 0.1) is 5.25 Å². The summed E-state index contributed by atoms with van der Waals surface area (Å²) in [7, 11) is 1.59. The smallest absolute Gasteiger partial charge is 0.407 e. The van der Waals surface area contributed by atoms with E-state index in [1.165, 1.54) is 6.92 Å². The summed E-state index contributed by atoms with van der Waals surface area (Å²) >= 11 is 0. The van der Waals surface area contributed by atoms with Crippen molar-refractivity contribution in [2.24, 2.45) is 0 Å². The number of ether oxygens (including phenoxy) is 1. The Kier molecular flexibility index (Phi) is 6.11. The van der Waals surface area contributed by atoms with E-state index in [9.17, 15) is 13.2 Å². The fourth-order valence-electron chi connectivity index (χ4n) is 1.29. The van der Waals surface area contributed by atoms with E-state index in [2.05, 4.69) is 5.32 Å². The number of benzene rings is 1. The van der Waals surface area contributed by atoms with Gasteiger partial charge in [0.1, 0.15) is 6.61 Å². The molecule has 0 aliphatic carbocycles. The topological polar surface area (TPSA) is 72.5 Å². The van der Waals surface area contributed by atoms with E-state index < -0.39 is 20.4 Å². The summed E-state index contributed by atoms with van der Waals surface area (Å²) in [5, 5.41) is 1.77. The van der Waals surface area contributed by atoms with Gasteiger partial charge in [-0.3, -0.25) is 0 Å². The van der Waals surface area contributed by atoms with E-state index in [-0.39, 0.29) is 19.6 Å². The maximum Gasteiger partial charge on any atom is 0.407 e. The molecule has 0 radical (unpaired) electrons. The molecule has 7 heteroatoms. The second-order valence-electron chi connectivity index (χ2n) is 4.06. The van der Waals surface area contributed by atoms with Crippen molar-refractivity contribution in [3.63, 3.8) is 0 Å². The Labute approximate surface area is 117 Å². The van der Waals surface area contributed by atoms with Crippen molar-refractivity contribution in [2.45, 2.75) is 25.2 Å². The lowest BCUT2D eigenvalue weighted by Crippen LogP contribution is -2.28. The molecule has 0 saturated carbocycles. The van der Waals surface area contributed by atoms with Crippen LogP contribution in [0.5, 0.6) is 0 Å². The number of nitrogens with one attached hydrogen (secondary N) is 1. The van der Waals surface area contributed by atoms with Crippen LogP contribution in [-0.2, 0) is 20.4 Å². The first-order valence-electron chi connectivity index (χ1n) is 5.77. The minimum absolute atomic E-state index is 0.177. The molecule has 0 aliphatic rings. The van der Waals surface area contributed by atoms with Crippen molar-refractivity contribution in [3.05, 3.63) is 35.9 Å². The second kappa shape index (κ2) is 7.35. The Morgan fingerprint density at radius 2 is 2.00 bits per heavy atom. The molecular formula is C12H16ClNO4S. The molecule has 1 atom stereocenters. The number of hydrogen-bond donors (Lipinski definition) is 1. The number of halogens is 1. The summed E-state index contributed by atoms with van der Waals surface area (Å²) in [6, 6.07) is 9.26. The monoisotopic (exact) mass is 305 g/mol. The zero-order chi connectivity index (χ0) is 14.3. The highest BCUT2D eigenvalue weighted by Gasteiger charge is 2.17. The number of alkyl carbamates (subject to hydrolysis) is 1. The van der Waals surface area contributed by atoms with Gasteiger partial charge in [-0.2, -0.15) is 0 Å². The first-order chi connectivity index (χ1) is 8.89. The molecule has 0 saturated heterocycles. The van der Waals surface area contributed by atoms with Crippen LogP contribution in [0.3, 0.4) is 0 Å². The Morgan fingerprint density at radius 3 is 2.58 bits per heavy atom. The van der Waals surface area contributed by atoms with Crippen molar-refractivity contribution < 1.29 is 17.9 Å². The molecule has 1 amide bonds. The summed E-state index contributed by atoms with van der Waals surface area (Å²) in [5.74, 6) is 0. The van der Waals surface area contributed by atoms with Crippen molar-refractivity contribution in [1.82, 2.24) is 5.32 Å². The average Bonchev–Trinajstić information content (AvgIpc) is 2.36. The van der Waals surface area contributed by atoms with E-state index in [4.69, 9.17) is 15.4 Å². The van der Waals surface area contributed by atoms with E-state index in [0.717, 1.165) is 5.56 Å². The number of carbonyl (C=O) groups excluding carboxylic acids is 1. The molecule has 0 fully saturated rings. The van der Waals surface area contributed by atoms with Crippen molar-refractivity contribution in [3.8, 4) is 0 Å². The maximum atomic E-state index is 11.3. The van der Waals surface area contributed by atoms with E-state index >= 15 is 0 Å². The fraction of sp³-hybridized carbons (Fsp3) is 0.417. The zero-order valence-electron chi connectivity index (χ0n) is 10.5. The van der Waals surface area contributed by atoms with Gasteiger partial charge in [-0.15, -0.1) is 0 Å². The normalized spacial score (nSPS) is 12.7. The van der Waals surface area contributed by atoms with Crippen LogP contribution in [0, 0.1) is 0 Å². The Hall–Kier alpha value is -1.27. The minimum Gasteiger partial charge on any atom is -0.445 e. The third kappa shape index (κ3) is 6.45. The van der Waals surface area contributed by atoms with Crippen LogP contribution in [0.25, 0.3) is 0 Å². The number of amides is 1. The molecule has 1 unspecified atom stereocenters. The fourth-order valence-corrected chi connectivity index (χ4v) is 1.96. The van der Waals surface area contributed by atoms with Crippen molar-refractivity contribution >= 4 is 25.8 Å². The quantitative estimate of drug-likeness (QED) is 0.818. The van der Waals surface area contributed by atoms with Gasteiger partial charge in [-0.25, -0.2) is 13.2 Å². The summed E-state index contributed by atoms with van der Waals surface area (Å²) in [6.07, 6.45) is -0.338. The lowest BCUT2D eigenvalue weighted by molar-refractivity contribution is 0.139. The highest BCUT2D eigenvalue weighted by molar-refractivity contribution is 8.14. The van der Waals surface area contributed by atoms with E-state index in [0.29, 0.717) is 0 Å². The first-order valence-corrected chi connectivity index (χ1v) is 8.15. The van der Waals surface area contributed by atoms with Gasteiger partial charge in [0.25, 0.3) is 0 Å². The third-order valence-corrected chi connectivity index (χ3v) is 4.62. The van der Waals surface area contributed by atoms with Crippen LogP contribution < -0.4 is 5.32 Å². The van der Waals surface area contributed by atoms with Gasteiger partial charge >= 0.3 is 6.09 Å². The van der Waals surface area contributed by atoms with Gasteiger partial charge in [-0.05, 0) is 18.9 Å². The Bertz CT molecular complexity index is 504. The van der Waals surface area contributed by atoms with Crippen LogP contribution in [0.1, 0.15) is 18.9 Å². The van der Waals surface area contributed by atoms with Crippen LogP contribution >= 0.6 is 10.7 Å². The molecule has 1 aromatic carbocycles. The molecule has 0 spiro atoms. The molecule has 19 heavy (non-hydrogen) atoms. The molecule has 0 aliphatic heterocycles. The Balaban J connectivity index is 2.22. The van der Waals surface area contributed by atoms with Gasteiger partial charge < -0.3 is 10.1 Å². The minimum atomic E-state index is -3.58. The van der Waals surface area contributed by atoms with Crippen molar-refractivity contribution in [2.75, 3.05) is 6.54 Å². The number of rotatable bonds is 6. The highest BCUT2D eigenvalue weighted by Crippen LogP contribution is 2.09. The SMILES string of the molecule is CC(CCNC(=O)OCc1ccccc1)S(=O)(=O)Cl. The molecule has 106 valence electrons. The Morgan fingerprint density at radius 1 is 1.37 bits per heavy atom. The lowest BCUT2D eigenvalue weighted by Gasteiger charge is -2.09. The molecule has 0 aromatic heterocycles. The van der Waals surface area contributed by atoms with Crippen molar-refractivity contribution in [1.29, 1.82) is 0 Å². The van der Waals surface area contributed by atoms with Gasteiger partial charge in [-0.1, -0.05) is 30.3 Å². The molecule has 1 rings (SSSR count). The van der Waals surface area contributed by atoms with Gasteiger partial charge in [0, 0.05) is 17.2 Å². The number of hydrogen-bond acceptors (Lipinski definition) is 4. The van der Waals surface area contributed by atoms with Crippen LogP contribution in [0.15, 0.2) is 30.3 Å². The van der Waals surface area contributed by atoms with Gasteiger partial charge in [0.2, 0.25) is 9.05 Å². The predicted octanol–water partition coefficient (Wildman–Crippen LogP) is 2.26. The van der Waals surface area contributed by atoms with Crippen LogP contribution in [-0.4, -0.2) is 26.3 Å². The van der Waals surface area contributed by atoms with Crippen LogP contribution in [0.2, 0.25) is 0 Å². The summed E-state index contributed by atoms with van der Waals surface area (Å²) in [5.41, 5.74) is 0.884. The summed E-state index contributed by atoms with van der Waals surface area (Å²) < 4.78 is 26.8. The number of carbonyl (C=O) groups is 1. The standard InChI is InChI=1S/C12H16ClNO4S/c1-10(19(13,16)17)7-8-14-12(15)18-9-11-5-3-2-4-6-11/h2-6,10H,7-9H2,1H3,(H,14,15).